The van der Waals surface area contributed by atoms with Crippen LogP contribution in [-0.4, -0.2) is 48.2 Å². The number of methoxy groups -OCH3 is 2. The molecule has 0 N–H and O–H groups in total. The van der Waals surface area contributed by atoms with E-state index in [1.165, 1.54) is 57.5 Å². The van der Waals surface area contributed by atoms with Gasteiger partial charge in [-0.15, -0.1) is 0 Å². The summed E-state index contributed by atoms with van der Waals surface area (Å²) in [6, 6.07) is 27.7. The third kappa shape index (κ3) is 10.4. The van der Waals surface area contributed by atoms with Gasteiger partial charge in [-0.3, -0.25) is 14.9 Å². The quantitative estimate of drug-likeness (QED) is 0.0834. The van der Waals surface area contributed by atoms with Crippen LogP contribution in [0.5, 0.6) is 11.5 Å². The molecule has 2 aromatic heterocycles. The first-order valence-electron chi connectivity index (χ1n) is 21.7. The number of hydrogen-bond donors (Lipinski definition) is 0. The van der Waals surface area contributed by atoms with Crippen molar-refractivity contribution in [2.45, 2.75) is 124 Å². The molecule has 0 saturated carbocycles. The van der Waals surface area contributed by atoms with E-state index in [0.29, 0.717) is 6.04 Å². The molecule has 1 aliphatic heterocycles. The van der Waals surface area contributed by atoms with Gasteiger partial charge in [0.25, 0.3) is 0 Å². The fraction of sp³-hybridized carbons (Fsp3) is 0.451. The summed E-state index contributed by atoms with van der Waals surface area (Å²) in [5.74, 6) is 1.93. The van der Waals surface area contributed by atoms with Crippen molar-refractivity contribution < 1.29 is 9.47 Å². The second-order valence-electron chi connectivity index (χ2n) is 16.0. The third-order valence-electron chi connectivity index (χ3n) is 11.9. The minimum Gasteiger partial charge on any atom is -0.496 e. The van der Waals surface area contributed by atoms with E-state index in [4.69, 9.17) is 19.4 Å². The molecule has 3 aromatic carbocycles. The number of aromatic nitrogens is 2. The Balaban J connectivity index is 1.24. The molecule has 6 heteroatoms. The molecule has 6 nitrogen and oxygen atoms in total. The van der Waals surface area contributed by atoms with Gasteiger partial charge in [0, 0.05) is 61.4 Å². The number of pyridine rings is 2. The summed E-state index contributed by atoms with van der Waals surface area (Å²) < 4.78 is 11.8. The van der Waals surface area contributed by atoms with E-state index in [0.717, 1.165) is 118 Å². The number of aryl methyl sites for hydroxylation is 3. The molecule has 0 aliphatic carbocycles. The Kier molecular flexibility index (Phi) is 15.2. The summed E-state index contributed by atoms with van der Waals surface area (Å²) in [4.78, 5) is 15.2. The summed E-state index contributed by atoms with van der Waals surface area (Å²) in [5.41, 5.74) is 14.9. The lowest BCUT2D eigenvalue weighted by atomic mass is 9.93. The highest BCUT2D eigenvalue weighted by molar-refractivity contribution is 5.69. The maximum Gasteiger partial charge on any atom is 0.122 e. The van der Waals surface area contributed by atoms with Crippen molar-refractivity contribution in [1.29, 1.82) is 0 Å². The summed E-state index contributed by atoms with van der Waals surface area (Å²) in [7, 11) is 3.57. The van der Waals surface area contributed by atoms with Crippen molar-refractivity contribution in [3.05, 3.63) is 124 Å². The van der Waals surface area contributed by atoms with Gasteiger partial charge in [0.05, 0.1) is 25.6 Å². The molecule has 1 fully saturated rings. The van der Waals surface area contributed by atoms with E-state index in [9.17, 15) is 0 Å². The number of nitrogens with zero attached hydrogens (tertiary/aromatic N) is 4. The van der Waals surface area contributed by atoms with Crippen molar-refractivity contribution in [3.63, 3.8) is 0 Å². The van der Waals surface area contributed by atoms with Crippen LogP contribution in [0.3, 0.4) is 0 Å². The molecule has 302 valence electrons. The second-order valence-corrected chi connectivity index (χ2v) is 16.0. The zero-order chi connectivity index (χ0) is 40.1. The van der Waals surface area contributed by atoms with Crippen LogP contribution in [0.15, 0.2) is 85.2 Å². The zero-order valence-electron chi connectivity index (χ0n) is 35.9. The lowest BCUT2D eigenvalue weighted by Gasteiger charge is -2.40. The number of unbranched alkanes of at least 4 members (excludes halogenated alkanes) is 1. The predicted molar refractivity (Wildman–Crippen MR) is 239 cm³/mol. The van der Waals surface area contributed by atoms with Crippen molar-refractivity contribution >= 4 is 5.69 Å². The van der Waals surface area contributed by atoms with Gasteiger partial charge < -0.3 is 14.4 Å². The summed E-state index contributed by atoms with van der Waals surface area (Å²) in [5, 5.41) is 0. The van der Waals surface area contributed by atoms with E-state index in [-0.39, 0.29) is 0 Å². The smallest absolute Gasteiger partial charge is 0.122 e. The maximum atomic E-state index is 6.03. The summed E-state index contributed by atoms with van der Waals surface area (Å²) in [6.45, 7) is 15.0. The fourth-order valence-electron chi connectivity index (χ4n) is 8.74. The highest BCUT2D eigenvalue weighted by Crippen LogP contribution is 2.36. The van der Waals surface area contributed by atoms with Crippen molar-refractivity contribution in [2.75, 3.05) is 32.2 Å². The molecule has 6 rings (SSSR count). The molecular weight excluding hydrogens is 701 g/mol. The van der Waals surface area contributed by atoms with Crippen LogP contribution in [0.4, 0.5) is 5.69 Å². The number of rotatable bonds is 19. The molecular formula is C51H66N4O2. The molecule has 0 amide bonds. The van der Waals surface area contributed by atoms with Crippen molar-refractivity contribution in [1.82, 2.24) is 14.9 Å². The molecule has 0 unspecified atom stereocenters. The molecule has 3 heterocycles. The fourth-order valence-corrected chi connectivity index (χ4v) is 8.74. The number of likely N-dealkylation sites (tertiary alicyclic amines) is 1. The number of anilines is 1. The molecule has 1 saturated heterocycles. The van der Waals surface area contributed by atoms with E-state index >= 15 is 0 Å². The first-order valence-corrected chi connectivity index (χ1v) is 21.7. The van der Waals surface area contributed by atoms with E-state index in [2.05, 4.69) is 117 Å². The van der Waals surface area contributed by atoms with Gasteiger partial charge in [0.15, 0.2) is 0 Å². The van der Waals surface area contributed by atoms with Gasteiger partial charge in [-0.25, -0.2) is 0 Å². The molecule has 57 heavy (non-hydrogen) atoms. The zero-order valence-corrected chi connectivity index (χ0v) is 35.9. The van der Waals surface area contributed by atoms with Crippen LogP contribution in [-0.2, 0) is 38.8 Å². The van der Waals surface area contributed by atoms with E-state index in [1.807, 2.05) is 19.5 Å². The first kappa shape index (κ1) is 41.9. The highest BCUT2D eigenvalue weighted by Gasteiger charge is 2.27. The van der Waals surface area contributed by atoms with Crippen molar-refractivity contribution in [3.8, 4) is 34.0 Å². The van der Waals surface area contributed by atoms with Crippen LogP contribution in [0.25, 0.3) is 22.5 Å². The standard InChI is InChI=1S/C51H66N4O2/c1-8-12-17-38-19-21-45(22-20-38)55(36-42-18-13-26-53-51(42)44-32-41(15-10-3)47(16-11-4)50(34-44)57-7)46-24-28-54(29-25-46)35-39-23-27-52-48(30-39)43-31-40(14-9-2)37(5)49(33-43)56-6/h13,18-23,26-27,30-34,46H,8-12,14-17,24-25,28-29,35-36H2,1-7H3. The number of piperidine rings is 1. The lowest BCUT2D eigenvalue weighted by molar-refractivity contribution is 0.201. The van der Waals surface area contributed by atoms with E-state index in [1.54, 1.807) is 7.11 Å². The molecule has 0 radical (unpaired) electrons. The summed E-state index contributed by atoms with van der Waals surface area (Å²) >= 11 is 0. The Hall–Kier alpha value is -4.68. The number of benzene rings is 3. The van der Waals surface area contributed by atoms with Crippen LogP contribution in [0.1, 0.15) is 112 Å². The Morgan fingerprint density at radius 3 is 2.07 bits per heavy atom. The number of hydrogen-bond acceptors (Lipinski definition) is 6. The van der Waals surface area contributed by atoms with Crippen LogP contribution >= 0.6 is 0 Å². The average molecular weight is 767 g/mol. The monoisotopic (exact) mass is 767 g/mol. The van der Waals surface area contributed by atoms with Gasteiger partial charge in [-0.2, -0.15) is 0 Å². The lowest BCUT2D eigenvalue weighted by Crippen LogP contribution is -2.44. The molecule has 0 atom stereocenters. The van der Waals surface area contributed by atoms with E-state index < -0.39 is 0 Å². The van der Waals surface area contributed by atoms with Gasteiger partial charge in [0.2, 0.25) is 0 Å². The predicted octanol–water partition coefficient (Wildman–Crippen LogP) is 12.0. The highest BCUT2D eigenvalue weighted by atomic mass is 16.5. The van der Waals surface area contributed by atoms with Crippen LogP contribution in [0, 0.1) is 6.92 Å². The van der Waals surface area contributed by atoms with Gasteiger partial charge in [-0.05, 0) is 145 Å². The Morgan fingerprint density at radius 1 is 0.667 bits per heavy atom. The number of ether oxygens (including phenoxy) is 2. The Labute approximate surface area is 343 Å². The van der Waals surface area contributed by atoms with Gasteiger partial charge in [0.1, 0.15) is 11.5 Å². The molecule has 1 aliphatic rings. The molecule has 0 spiro atoms. The minimum absolute atomic E-state index is 0.415. The van der Waals surface area contributed by atoms with Crippen molar-refractivity contribution in [2.24, 2.45) is 0 Å². The second kappa shape index (κ2) is 20.7. The average Bonchev–Trinajstić information content (AvgIpc) is 3.24. The van der Waals surface area contributed by atoms with Crippen LogP contribution in [0.2, 0.25) is 0 Å². The largest absolute Gasteiger partial charge is 0.496 e. The molecule has 0 bridgehead atoms. The topological polar surface area (TPSA) is 50.7 Å². The first-order chi connectivity index (χ1) is 27.9. The third-order valence-corrected chi connectivity index (χ3v) is 11.9. The Morgan fingerprint density at radius 2 is 1.37 bits per heavy atom. The normalized spacial score (nSPS) is 13.5. The minimum atomic E-state index is 0.415. The maximum absolute atomic E-state index is 6.03. The molecule has 5 aromatic rings. The van der Waals surface area contributed by atoms with Gasteiger partial charge >= 0.3 is 0 Å². The van der Waals surface area contributed by atoms with Gasteiger partial charge in [-0.1, -0.05) is 71.6 Å². The summed E-state index contributed by atoms with van der Waals surface area (Å²) in [6.07, 6.45) is 16.1. The Bertz CT molecular complexity index is 2030. The SMILES string of the molecule is CCCCc1ccc(N(Cc2cccnc2-c2cc(CCC)c(CCC)c(OC)c2)C2CCN(Cc3ccnc(-c4cc(CCC)c(C)c(OC)c4)c3)CC2)cc1. The van der Waals surface area contributed by atoms with Crippen LogP contribution < -0.4 is 14.4 Å².